The van der Waals surface area contributed by atoms with E-state index in [0.717, 1.165) is 24.6 Å². The number of benzene rings is 1. The minimum atomic E-state index is 0.137. The molecule has 3 fully saturated rings. The highest BCUT2D eigenvalue weighted by Gasteiger charge is 2.45. The maximum atomic E-state index is 12.9. The van der Waals surface area contributed by atoms with Crippen molar-refractivity contribution in [2.45, 2.75) is 44.7 Å². The van der Waals surface area contributed by atoms with E-state index < -0.39 is 0 Å². The number of fused-ring (bicyclic) bond motifs is 4. The van der Waals surface area contributed by atoms with E-state index in [9.17, 15) is 4.79 Å². The van der Waals surface area contributed by atoms with Gasteiger partial charge >= 0.3 is 0 Å². The average molecular weight is 382 g/mol. The fourth-order valence-corrected chi connectivity index (χ4v) is 6.22. The first-order chi connectivity index (χ1) is 13.2. The average Bonchev–Trinajstić information content (AvgIpc) is 3.14. The highest BCUT2D eigenvalue weighted by Crippen LogP contribution is 2.44. The van der Waals surface area contributed by atoms with Crippen molar-refractivity contribution in [3.63, 3.8) is 0 Å². The molecule has 3 saturated heterocycles. The molecule has 4 atom stereocenters. The van der Waals surface area contributed by atoms with Crippen LogP contribution >= 0.6 is 11.3 Å². The molecule has 1 aromatic heterocycles. The summed E-state index contributed by atoms with van der Waals surface area (Å²) in [6.45, 7) is 4.88. The molecule has 0 N–H and O–H groups in total. The van der Waals surface area contributed by atoms with Gasteiger partial charge in [0.05, 0.1) is 5.01 Å². The molecule has 0 saturated carbocycles. The van der Waals surface area contributed by atoms with E-state index in [1.165, 1.54) is 31.2 Å². The summed E-state index contributed by atoms with van der Waals surface area (Å²) in [5.74, 6) is 1.33. The number of aryl methyl sites for hydroxylation is 1. The Bertz CT molecular complexity index is 820. The van der Waals surface area contributed by atoms with E-state index in [4.69, 9.17) is 0 Å². The minimum absolute atomic E-state index is 0.137. The number of rotatable bonds is 2. The SMILES string of the molecule is Cc1nc(C(=O)N2C[C@@H]3C[C@H](C2)[C@@H]2CCC[C@H](c4ccccc4)N2C3)cs1. The van der Waals surface area contributed by atoms with Crippen LogP contribution in [-0.4, -0.2) is 46.4 Å². The zero-order valence-corrected chi connectivity index (χ0v) is 16.7. The summed E-state index contributed by atoms with van der Waals surface area (Å²) in [7, 11) is 0. The van der Waals surface area contributed by atoms with Gasteiger partial charge in [-0.1, -0.05) is 30.3 Å². The molecule has 0 aliphatic carbocycles. The second kappa shape index (κ2) is 7.02. The lowest BCUT2D eigenvalue weighted by atomic mass is 9.74. The topological polar surface area (TPSA) is 36.4 Å². The van der Waals surface area contributed by atoms with Crippen molar-refractivity contribution in [3.8, 4) is 0 Å². The largest absolute Gasteiger partial charge is 0.337 e. The lowest BCUT2D eigenvalue weighted by molar-refractivity contribution is -0.0512. The Morgan fingerprint density at radius 2 is 2.00 bits per heavy atom. The molecule has 3 aliphatic heterocycles. The fourth-order valence-electron chi connectivity index (χ4n) is 5.63. The molecule has 4 nitrogen and oxygen atoms in total. The van der Waals surface area contributed by atoms with E-state index in [0.29, 0.717) is 29.6 Å². The third-order valence-corrected chi connectivity index (χ3v) is 7.47. The molecule has 5 rings (SSSR count). The van der Waals surface area contributed by atoms with Crippen LogP contribution in [0.1, 0.15) is 52.8 Å². The summed E-state index contributed by atoms with van der Waals surface area (Å²) in [6.07, 6.45) is 5.11. The second-order valence-electron chi connectivity index (χ2n) is 8.45. The number of thiazole rings is 1. The highest BCUT2D eigenvalue weighted by molar-refractivity contribution is 7.09. The molecule has 0 radical (unpaired) electrons. The Balaban J connectivity index is 1.36. The van der Waals surface area contributed by atoms with Crippen LogP contribution in [0.3, 0.4) is 0 Å². The van der Waals surface area contributed by atoms with Crippen molar-refractivity contribution in [3.05, 3.63) is 52.0 Å². The molecule has 0 spiro atoms. The minimum Gasteiger partial charge on any atom is -0.337 e. The molecule has 0 unspecified atom stereocenters. The molecule has 3 aliphatic rings. The first-order valence-corrected chi connectivity index (χ1v) is 11.1. The summed E-state index contributed by atoms with van der Waals surface area (Å²) in [5, 5.41) is 2.89. The summed E-state index contributed by atoms with van der Waals surface area (Å²) >= 11 is 1.57. The van der Waals surface area contributed by atoms with E-state index in [2.05, 4.69) is 45.1 Å². The van der Waals surface area contributed by atoms with Gasteiger partial charge in [0.1, 0.15) is 5.69 Å². The van der Waals surface area contributed by atoms with Crippen molar-refractivity contribution >= 4 is 17.2 Å². The second-order valence-corrected chi connectivity index (χ2v) is 9.51. The number of likely N-dealkylation sites (tertiary alicyclic amines) is 1. The van der Waals surface area contributed by atoms with Gasteiger partial charge in [-0.15, -0.1) is 11.3 Å². The lowest BCUT2D eigenvalue weighted by Gasteiger charge is -2.55. The number of piperidine rings is 3. The van der Waals surface area contributed by atoms with Gasteiger partial charge in [-0.05, 0) is 50.0 Å². The molecular formula is C22H27N3OS. The van der Waals surface area contributed by atoms with E-state index in [1.807, 2.05) is 12.3 Å². The summed E-state index contributed by atoms with van der Waals surface area (Å²) in [4.78, 5) is 22.3. The third-order valence-electron chi connectivity index (χ3n) is 6.70. The van der Waals surface area contributed by atoms with Crippen LogP contribution in [0.15, 0.2) is 35.7 Å². The molecular weight excluding hydrogens is 354 g/mol. The molecule has 27 heavy (non-hydrogen) atoms. The summed E-state index contributed by atoms with van der Waals surface area (Å²) in [6, 6.07) is 12.2. The van der Waals surface area contributed by atoms with Gasteiger partial charge in [-0.3, -0.25) is 9.69 Å². The number of carbonyl (C=O) groups is 1. The molecule has 142 valence electrons. The zero-order valence-electron chi connectivity index (χ0n) is 15.9. The van der Waals surface area contributed by atoms with Gasteiger partial charge in [-0.25, -0.2) is 4.98 Å². The number of nitrogens with zero attached hydrogens (tertiary/aromatic N) is 3. The Labute approximate surface area is 165 Å². The van der Waals surface area contributed by atoms with Crippen LogP contribution in [0, 0.1) is 18.8 Å². The smallest absolute Gasteiger partial charge is 0.273 e. The van der Waals surface area contributed by atoms with E-state index in [-0.39, 0.29) is 5.91 Å². The van der Waals surface area contributed by atoms with E-state index in [1.54, 1.807) is 11.3 Å². The van der Waals surface area contributed by atoms with Gasteiger partial charge in [-0.2, -0.15) is 0 Å². The van der Waals surface area contributed by atoms with Crippen LogP contribution in [0.4, 0.5) is 0 Å². The maximum Gasteiger partial charge on any atom is 0.273 e. The first kappa shape index (κ1) is 17.4. The number of aromatic nitrogens is 1. The van der Waals surface area contributed by atoms with Crippen LogP contribution in [0.5, 0.6) is 0 Å². The zero-order chi connectivity index (χ0) is 18.4. The van der Waals surface area contributed by atoms with Gasteiger partial charge in [0, 0.05) is 37.1 Å². The Morgan fingerprint density at radius 1 is 1.15 bits per heavy atom. The van der Waals surface area contributed by atoms with Crippen molar-refractivity contribution in [2.24, 2.45) is 11.8 Å². The van der Waals surface area contributed by atoms with Crippen molar-refractivity contribution < 1.29 is 4.79 Å². The number of carbonyl (C=O) groups excluding carboxylic acids is 1. The van der Waals surface area contributed by atoms with Crippen molar-refractivity contribution in [1.29, 1.82) is 0 Å². The molecule has 5 heteroatoms. The fraction of sp³-hybridized carbons (Fsp3) is 0.545. The van der Waals surface area contributed by atoms with Gasteiger partial charge in [0.15, 0.2) is 0 Å². The van der Waals surface area contributed by atoms with Gasteiger partial charge in [0.2, 0.25) is 0 Å². The Kier molecular flexibility index (Phi) is 4.52. The normalized spacial score (nSPS) is 30.8. The monoisotopic (exact) mass is 381 g/mol. The molecule has 4 heterocycles. The first-order valence-electron chi connectivity index (χ1n) is 10.2. The highest BCUT2D eigenvalue weighted by atomic mass is 32.1. The Morgan fingerprint density at radius 3 is 2.78 bits per heavy atom. The molecule has 2 bridgehead atoms. The predicted molar refractivity (Wildman–Crippen MR) is 108 cm³/mol. The third kappa shape index (κ3) is 3.21. The van der Waals surface area contributed by atoms with Gasteiger partial charge < -0.3 is 4.90 Å². The van der Waals surface area contributed by atoms with Crippen LogP contribution in [-0.2, 0) is 0 Å². The number of amides is 1. The van der Waals surface area contributed by atoms with Gasteiger partial charge in [0.25, 0.3) is 5.91 Å². The van der Waals surface area contributed by atoms with Crippen LogP contribution in [0.25, 0.3) is 0 Å². The molecule has 1 aromatic carbocycles. The Hall–Kier alpha value is -1.72. The van der Waals surface area contributed by atoms with Crippen LogP contribution in [0.2, 0.25) is 0 Å². The van der Waals surface area contributed by atoms with Crippen molar-refractivity contribution in [1.82, 2.24) is 14.8 Å². The maximum absolute atomic E-state index is 12.9. The van der Waals surface area contributed by atoms with E-state index >= 15 is 0 Å². The molecule has 2 aromatic rings. The number of hydrogen-bond acceptors (Lipinski definition) is 4. The predicted octanol–water partition coefficient (Wildman–Crippen LogP) is 4.14. The lowest BCUT2D eigenvalue weighted by Crippen LogP contribution is -2.60. The van der Waals surface area contributed by atoms with Crippen LogP contribution < -0.4 is 0 Å². The summed E-state index contributed by atoms with van der Waals surface area (Å²) < 4.78 is 0. The van der Waals surface area contributed by atoms with Crippen molar-refractivity contribution in [2.75, 3.05) is 19.6 Å². The quantitative estimate of drug-likeness (QED) is 0.784. The summed E-state index contributed by atoms with van der Waals surface area (Å²) in [5.41, 5.74) is 2.10. The standard InChI is InChI=1S/C22H27N3OS/c1-15-23-19(14-27-15)22(26)24-11-16-10-18(13-24)21-9-5-8-20(25(21)12-16)17-6-3-2-4-7-17/h2-4,6-7,14,16,18,20-21H,5,8-13H2,1H3/t16-,18+,20+,21-/m0/s1. The molecule has 1 amide bonds. The number of hydrogen-bond donors (Lipinski definition) is 0.